The second kappa shape index (κ2) is 8.62. The van der Waals surface area contributed by atoms with Gasteiger partial charge < -0.3 is 19.7 Å². The minimum Gasteiger partial charge on any atom is -0.481 e. The fourth-order valence-corrected chi connectivity index (χ4v) is 2.99. The highest BCUT2D eigenvalue weighted by Crippen LogP contribution is 2.28. The summed E-state index contributed by atoms with van der Waals surface area (Å²) in [5.74, 6) is 0.250. The number of carbonyl (C=O) groups excluding carboxylic acids is 1. The Morgan fingerprint density at radius 3 is 2.62 bits per heavy atom. The second-order valence-electron chi connectivity index (χ2n) is 5.94. The molecule has 0 spiro atoms. The van der Waals surface area contributed by atoms with Crippen LogP contribution in [0.15, 0.2) is 42.5 Å². The molecular formula is C19H20Cl2N2O3. The molecule has 138 valence electrons. The zero-order chi connectivity index (χ0) is 18.5. The molecule has 1 aliphatic rings. The molecule has 1 fully saturated rings. The van der Waals surface area contributed by atoms with Crippen molar-refractivity contribution in [2.75, 3.05) is 36.5 Å². The van der Waals surface area contributed by atoms with Crippen molar-refractivity contribution >= 4 is 40.5 Å². The number of nitrogens with zero attached hydrogens (tertiary/aromatic N) is 1. The van der Waals surface area contributed by atoms with E-state index in [-0.39, 0.29) is 5.91 Å². The van der Waals surface area contributed by atoms with E-state index in [0.717, 1.165) is 24.5 Å². The van der Waals surface area contributed by atoms with E-state index < -0.39 is 6.10 Å². The summed E-state index contributed by atoms with van der Waals surface area (Å²) in [5.41, 5.74) is 1.73. The van der Waals surface area contributed by atoms with Crippen LogP contribution in [0.5, 0.6) is 5.75 Å². The van der Waals surface area contributed by atoms with Gasteiger partial charge in [-0.15, -0.1) is 0 Å². The maximum absolute atomic E-state index is 12.6. The second-order valence-corrected chi connectivity index (χ2v) is 6.76. The van der Waals surface area contributed by atoms with Crippen molar-refractivity contribution in [3.63, 3.8) is 0 Å². The monoisotopic (exact) mass is 394 g/mol. The van der Waals surface area contributed by atoms with Crippen LogP contribution in [0.3, 0.4) is 0 Å². The topological polar surface area (TPSA) is 50.8 Å². The summed E-state index contributed by atoms with van der Waals surface area (Å²) in [6.45, 7) is 4.64. The van der Waals surface area contributed by atoms with Crippen molar-refractivity contribution in [2.45, 2.75) is 13.0 Å². The third kappa shape index (κ3) is 4.61. The standard InChI is InChI=1S/C19H20Cl2N2O3/c1-13(26-14-6-7-15(20)16(21)12-14)19(24)22-17-4-2-3-5-18(17)23-8-10-25-11-9-23/h2-7,12-13H,8-11H2,1H3,(H,22,24). The SMILES string of the molecule is CC(Oc1ccc(Cl)c(Cl)c1)C(=O)Nc1ccccc1N1CCOCC1. The van der Waals surface area contributed by atoms with Crippen molar-refractivity contribution in [3.05, 3.63) is 52.5 Å². The van der Waals surface area contributed by atoms with Gasteiger partial charge in [-0.05, 0) is 31.2 Å². The van der Waals surface area contributed by atoms with Gasteiger partial charge in [0.15, 0.2) is 6.10 Å². The van der Waals surface area contributed by atoms with Gasteiger partial charge in [-0.1, -0.05) is 35.3 Å². The highest BCUT2D eigenvalue weighted by Gasteiger charge is 2.19. The van der Waals surface area contributed by atoms with Crippen LogP contribution in [0.2, 0.25) is 10.0 Å². The third-order valence-electron chi connectivity index (χ3n) is 4.09. The van der Waals surface area contributed by atoms with Crippen LogP contribution in [0.25, 0.3) is 0 Å². The average molecular weight is 395 g/mol. The van der Waals surface area contributed by atoms with Crippen LogP contribution in [0.1, 0.15) is 6.92 Å². The van der Waals surface area contributed by atoms with Crippen molar-refractivity contribution in [2.24, 2.45) is 0 Å². The Morgan fingerprint density at radius 1 is 1.15 bits per heavy atom. The van der Waals surface area contributed by atoms with Crippen molar-refractivity contribution in [1.29, 1.82) is 0 Å². The lowest BCUT2D eigenvalue weighted by molar-refractivity contribution is -0.122. The normalized spacial score (nSPS) is 15.4. The number of morpholine rings is 1. The molecule has 1 N–H and O–H groups in total. The summed E-state index contributed by atoms with van der Waals surface area (Å²) in [6.07, 6.45) is -0.690. The van der Waals surface area contributed by atoms with Crippen LogP contribution in [0.4, 0.5) is 11.4 Å². The van der Waals surface area contributed by atoms with E-state index in [1.54, 1.807) is 25.1 Å². The molecule has 1 aliphatic heterocycles. The zero-order valence-corrected chi connectivity index (χ0v) is 15.9. The molecule has 0 saturated carbocycles. The maximum atomic E-state index is 12.6. The number of nitrogens with one attached hydrogen (secondary N) is 1. The number of halogens is 2. The molecule has 1 amide bonds. The Hall–Kier alpha value is -1.95. The quantitative estimate of drug-likeness (QED) is 0.823. The number of amides is 1. The predicted octanol–water partition coefficient (Wildman–Crippen LogP) is 4.24. The summed E-state index contributed by atoms with van der Waals surface area (Å²) in [4.78, 5) is 14.8. The largest absolute Gasteiger partial charge is 0.481 e. The first-order valence-electron chi connectivity index (χ1n) is 8.39. The summed E-state index contributed by atoms with van der Waals surface area (Å²) < 4.78 is 11.1. The molecule has 5 nitrogen and oxygen atoms in total. The van der Waals surface area contributed by atoms with Crippen LogP contribution in [0, 0.1) is 0 Å². The molecule has 0 aliphatic carbocycles. The molecule has 7 heteroatoms. The van der Waals surface area contributed by atoms with Crippen LogP contribution >= 0.6 is 23.2 Å². The number of ether oxygens (including phenoxy) is 2. The number of rotatable bonds is 5. The highest BCUT2D eigenvalue weighted by atomic mass is 35.5. The molecule has 0 bridgehead atoms. The highest BCUT2D eigenvalue weighted by molar-refractivity contribution is 6.42. The van der Waals surface area contributed by atoms with Gasteiger partial charge in [-0.3, -0.25) is 4.79 Å². The van der Waals surface area contributed by atoms with Gasteiger partial charge in [-0.25, -0.2) is 0 Å². The summed E-state index contributed by atoms with van der Waals surface area (Å²) in [5, 5.41) is 3.77. The van der Waals surface area contributed by atoms with Crippen molar-refractivity contribution < 1.29 is 14.3 Å². The van der Waals surface area contributed by atoms with Gasteiger partial charge in [0.05, 0.1) is 34.6 Å². The Bertz CT molecular complexity index is 779. The third-order valence-corrected chi connectivity index (χ3v) is 4.83. The van der Waals surface area contributed by atoms with Gasteiger partial charge in [0, 0.05) is 19.2 Å². The Kier molecular flexibility index (Phi) is 6.25. The Balaban J connectivity index is 1.68. The minimum atomic E-state index is -0.690. The first kappa shape index (κ1) is 18.8. The average Bonchev–Trinajstić information content (AvgIpc) is 2.66. The lowest BCUT2D eigenvalue weighted by Crippen LogP contribution is -2.37. The van der Waals surface area contributed by atoms with Gasteiger partial charge in [0.25, 0.3) is 5.91 Å². The fourth-order valence-electron chi connectivity index (χ4n) is 2.70. The van der Waals surface area contributed by atoms with E-state index in [1.807, 2.05) is 24.3 Å². The molecular weight excluding hydrogens is 375 g/mol. The molecule has 2 aromatic rings. The lowest BCUT2D eigenvalue weighted by atomic mass is 10.2. The summed E-state index contributed by atoms with van der Waals surface area (Å²) in [7, 11) is 0. The van der Waals surface area contributed by atoms with Crippen LogP contribution < -0.4 is 15.0 Å². The first-order valence-corrected chi connectivity index (χ1v) is 9.14. The Morgan fingerprint density at radius 2 is 1.88 bits per heavy atom. The number of carbonyl (C=O) groups is 1. The number of hydrogen-bond acceptors (Lipinski definition) is 4. The molecule has 3 rings (SSSR count). The van der Waals surface area contributed by atoms with E-state index in [1.165, 1.54) is 0 Å². The van der Waals surface area contributed by atoms with Gasteiger partial charge in [0.2, 0.25) is 0 Å². The van der Waals surface area contributed by atoms with E-state index in [2.05, 4.69) is 10.2 Å². The molecule has 1 saturated heterocycles. The minimum absolute atomic E-state index is 0.239. The van der Waals surface area contributed by atoms with Crippen LogP contribution in [-0.4, -0.2) is 38.3 Å². The molecule has 26 heavy (non-hydrogen) atoms. The zero-order valence-electron chi connectivity index (χ0n) is 14.4. The maximum Gasteiger partial charge on any atom is 0.265 e. The first-order chi connectivity index (χ1) is 12.5. The molecule has 1 unspecified atom stereocenters. The molecule has 1 heterocycles. The van der Waals surface area contributed by atoms with Crippen LogP contribution in [-0.2, 0) is 9.53 Å². The molecule has 0 aromatic heterocycles. The molecule has 2 aromatic carbocycles. The van der Waals surface area contributed by atoms with Gasteiger partial charge in [0.1, 0.15) is 5.75 Å². The summed E-state index contributed by atoms with van der Waals surface area (Å²) >= 11 is 11.9. The number of benzene rings is 2. The summed E-state index contributed by atoms with van der Waals surface area (Å²) in [6, 6.07) is 12.6. The Labute approximate surface area is 162 Å². The number of hydrogen-bond donors (Lipinski definition) is 1. The van der Waals surface area contributed by atoms with Crippen molar-refractivity contribution in [3.8, 4) is 5.75 Å². The predicted molar refractivity (Wildman–Crippen MR) is 105 cm³/mol. The number of anilines is 2. The lowest BCUT2D eigenvalue weighted by Gasteiger charge is -2.30. The fraction of sp³-hybridized carbons (Fsp3) is 0.316. The van der Waals surface area contributed by atoms with Gasteiger partial charge >= 0.3 is 0 Å². The van der Waals surface area contributed by atoms with Gasteiger partial charge in [-0.2, -0.15) is 0 Å². The number of para-hydroxylation sites is 2. The van der Waals surface area contributed by atoms with E-state index in [9.17, 15) is 4.79 Å². The van der Waals surface area contributed by atoms with E-state index in [0.29, 0.717) is 29.0 Å². The smallest absolute Gasteiger partial charge is 0.265 e. The van der Waals surface area contributed by atoms with E-state index in [4.69, 9.17) is 32.7 Å². The van der Waals surface area contributed by atoms with Crippen molar-refractivity contribution in [1.82, 2.24) is 0 Å². The van der Waals surface area contributed by atoms with E-state index >= 15 is 0 Å². The molecule has 0 radical (unpaired) electrons. The molecule has 1 atom stereocenters.